The lowest BCUT2D eigenvalue weighted by Gasteiger charge is -2.40. The predicted molar refractivity (Wildman–Crippen MR) is 103 cm³/mol. The third-order valence-electron chi connectivity index (χ3n) is 6.43. The summed E-state index contributed by atoms with van der Waals surface area (Å²) in [5.41, 5.74) is 1.15. The summed E-state index contributed by atoms with van der Waals surface area (Å²) in [5.74, 6) is 1.11. The molecule has 146 valence electrons. The number of pyridine rings is 1. The summed E-state index contributed by atoms with van der Waals surface area (Å²) in [6.07, 6.45) is 9.34. The second-order valence-electron chi connectivity index (χ2n) is 8.54. The lowest BCUT2D eigenvalue weighted by molar-refractivity contribution is -0.141. The Morgan fingerprint density at radius 3 is 2.67 bits per heavy atom. The molecule has 1 aromatic rings. The van der Waals surface area contributed by atoms with Crippen molar-refractivity contribution in [3.8, 4) is 0 Å². The van der Waals surface area contributed by atoms with Gasteiger partial charge in [0.1, 0.15) is 0 Å². The normalized spacial score (nSPS) is 25.6. The van der Waals surface area contributed by atoms with Crippen molar-refractivity contribution in [1.29, 1.82) is 0 Å². The Balaban J connectivity index is 1.36. The van der Waals surface area contributed by atoms with Crippen molar-refractivity contribution in [1.82, 2.24) is 19.7 Å². The number of hydrogen-bond donors (Lipinski definition) is 0. The molecule has 6 heteroatoms. The predicted octanol–water partition coefficient (Wildman–Crippen LogP) is 1.76. The van der Waals surface area contributed by atoms with Crippen LogP contribution in [0.4, 0.5) is 0 Å². The molecule has 3 saturated heterocycles. The molecule has 5 rings (SSSR count). The van der Waals surface area contributed by atoms with Gasteiger partial charge in [-0.1, -0.05) is 6.42 Å². The van der Waals surface area contributed by atoms with E-state index in [1.165, 1.54) is 19.3 Å². The lowest BCUT2D eigenvalue weighted by atomic mass is 9.83. The van der Waals surface area contributed by atoms with E-state index in [2.05, 4.69) is 9.88 Å². The van der Waals surface area contributed by atoms with Crippen molar-refractivity contribution >= 4 is 11.8 Å². The molecule has 0 N–H and O–H groups in total. The van der Waals surface area contributed by atoms with Crippen LogP contribution in [0.5, 0.6) is 0 Å². The number of amides is 2. The molecule has 0 aromatic carbocycles. The van der Waals surface area contributed by atoms with Crippen LogP contribution in [0, 0.1) is 11.8 Å². The second-order valence-corrected chi connectivity index (χ2v) is 8.54. The molecule has 4 fully saturated rings. The van der Waals surface area contributed by atoms with Gasteiger partial charge in [0.25, 0.3) is 0 Å². The first-order chi connectivity index (χ1) is 13.1. The minimum Gasteiger partial charge on any atom is -0.339 e. The van der Waals surface area contributed by atoms with Crippen molar-refractivity contribution in [2.24, 2.45) is 11.8 Å². The molecule has 2 bridgehead atoms. The number of likely N-dealkylation sites (N-methyl/N-ethyl adjacent to an activating group) is 1. The summed E-state index contributed by atoms with van der Waals surface area (Å²) in [4.78, 5) is 35.9. The molecule has 4 heterocycles. The van der Waals surface area contributed by atoms with E-state index in [1.807, 2.05) is 29.0 Å². The molecule has 2 atom stereocenters. The molecule has 6 nitrogen and oxygen atoms in total. The summed E-state index contributed by atoms with van der Waals surface area (Å²) in [6.45, 7) is 3.32. The van der Waals surface area contributed by atoms with Crippen molar-refractivity contribution < 1.29 is 9.59 Å². The summed E-state index contributed by atoms with van der Waals surface area (Å²) in [7, 11) is 1.97. The van der Waals surface area contributed by atoms with Gasteiger partial charge in [-0.3, -0.25) is 19.5 Å². The van der Waals surface area contributed by atoms with Gasteiger partial charge in [0, 0.05) is 44.6 Å². The zero-order valence-corrected chi connectivity index (χ0v) is 16.2. The van der Waals surface area contributed by atoms with E-state index in [4.69, 9.17) is 0 Å². The third kappa shape index (κ3) is 4.15. The molecule has 1 saturated carbocycles. The Morgan fingerprint density at radius 2 is 1.96 bits per heavy atom. The van der Waals surface area contributed by atoms with Crippen LogP contribution < -0.4 is 0 Å². The standard InChI is InChI=1S/C21H30N4O2/c1-23(11-17-7-9-22-10-8-17)15-20(26)24-13-18-5-6-19(14-24)25(21(18)27)12-16-3-2-4-16/h7-10,16,18-19H,2-6,11-15H2,1H3/t18-,19+/m0/s1. The molecule has 4 aliphatic rings. The Bertz CT molecular complexity index is 676. The molecule has 1 aromatic heterocycles. The molecule has 3 aliphatic heterocycles. The first-order valence-corrected chi connectivity index (χ1v) is 10.3. The highest BCUT2D eigenvalue weighted by atomic mass is 16.2. The lowest BCUT2D eigenvalue weighted by Crippen LogP contribution is -2.50. The first kappa shape index (κ1) is 18.4. The zero-order valence-electron chi connectivity index (χ0n) is 16.2. The number of aromatic nitrogens is 1. The smallest absolute Gasteiger partial charge is 0.236 e. The van der Waals surface area contributed by atoms with E-state index in [9.17, 15) is 9.59 Å². The van der Waals surface area contributed by atoms with Crippen LogP contribution in [0.3, 0.4) is 0 Å². The van der Waals surface area contributed by atoms with Crippen molar-refractivity contribution in [3.63, 3.8) is 0 Å². The Hall–Kier alpha value is -1.95. The quantitative estimate of drug-likeness (QED) is 0.766. The van der Waals surface area contributed by atoms with Gasteiger partial charge < -0.3 is 9.80 Å². The maximum absolute atomic E-state index is 12.9. The van der Waals surface area contributed by atoms with Crippen molar-refractivity contribution in [2.45, 2.75) is 44.7 Å². The van der Waals surface area contributed by atoms with Gasteiger partial charge in [-0.25, -0.2) is 0 Å². The minimum absolute atomic E-state index is 0.00159. The maximum Gasteiger partial charge on any atom is 0.236 e. The second kappa shape index (κ2) is 7.97. The highest BCUT2D eigenvalue weighted by Gasteiger charge is 2.42. The van der Waals surface area contributed by atoms with E-state index in [1.54, 1.807) is 12.4 Å². The molecular weight excluding hydrogens is 340 g/mol. The molecule has 0 spiro atoms. The zero-order chi connectivity index (χ0) is 18.8. The summed E-state index contributed by atoms with van der Waals surface area (Å²) >= 11 is 0. The Labute approximate surface area is 161 Å². The molecule has 1 aliphatic carbocycles. The third-order valence-corrected chi connectivity index (χ3v) is 6.43. The van der Waals surface area contributed by atoms with Crippen LogP contribution in [0.2, 0.25) is 0 Å². The minimum atomic E-state index is -0.00159. The molecule has 0 radical (unpaired) electrons. The first-order valence-electron chi connectivity index (χ1n) is 10.3. The molecule has 27 heavy (non-hydrogen) atoms. The number of hydrogen-bond acceptors (Lipinski definition) is 4. The molecular formula is C21H30N4O2. The fourth-order valence-corrected chi connectivity index (χ4v) is 4.62. The summed E-state index contributed by atoms with van der Waals surface area (Å²) < 4.78 is 0. The average molecular weight is 370 g/mol. The number of rotatable bonds is 6. The number of carbonyl (C=O) groups is 2. The number of carbonyl (C=O) groups excluding carboxylic acids is 2. The van der Waals surface area contributed by atoms with Gasteiger partial charge in [0.05, 0.1) is 12.5 Å². The topological polar surface area (TPSA) is 56.8 Å². The van der Waals surface area contributed by atoms with Gasteiger partial charge in [0.2, 0.25) is 11.8 Å². The van der Waals surface area contributed by atoms with Crippen LogP contribution in [-0.4, -0.2) is 70.8 Å². The highest BCUT2D eigenvalue weighted by molar-refractivity contribution is 5.83. The monoisotopic (exact) mass is 370 g/mol. The Kier molecular flexibility index (Phi) is 5.43. The average Bonchev–Trinajstić information content (AvgIpc) is 2.90. The van der Waals surface area contributed by atoms with E-state index >= 15 is 0 Å². The maximum atomic E-state index is 12.9. The van der Waals surface area contributed by atoms with E-state index < -0.39 is 0 Å². The van der Waals surface area contributed by atoms with Crippen LogP contribution in [0.25, 0.3) is 0 Å². The number of piperidine rings is 1. The van der Waals surface area contributed by atoms with E-state index in [-0.39, 0.29) is 17.9 Å². The van der Waals surface area contributed by atoms with Gasteiger partial charge in [-0.15, -0.1) is 0 Å². The van der Waals surface area contributed by atoms with Crippen LogP contribution in [-0.2, 0) is 16.1 Å². The highest BCUT2D eigenvalue weighted by Crippen LogP contribution is 2.34. The van der Waals surface area contributed by atoms with Gasteiger partial charge in [0.15, 0.2) is 0 Å². The number of fused-ring (bicyclic) bond motifs is 4. The van der Waals surface area contributed by atoms with Crippen LogP contribution in [0.1, 0.15) is 37.7 Å². The largest absolute Gasteiger partial charge is 0.339 e. The van der Waals surface area contributed by atoms with Crippen LogP contribution in [0.15, 0.2) is 24.5 Å². The van der Waals surface area contributed by atoms with Crippen LogP contribution >= 0.6 is 0 Å². The van der Waals surface area contributed by atoms with E-state index in [0.717, 1.165) is 31.5 Å². The van der Waals surface area contributed by atoms with Gasteiger partial charge in [-0.05, 0) is 56.3 Å². The van der Waals surface area contributed by atoms with Crippen molar-refractivity contribution in [3.05, 3.63) is 30.1 Å². The summed E-state index contributed by atoms with van der Waals surface area (Å²) in [6, 6.07) is 4.17. The molecule has 2 amide bonds. The van der Waals surface area contributed by atoms with E-state index in [0.29, 0.717) is 31.5 Å². The number of nitrogens with zero attached hydrogens (tertiary/aromatic N) is 4. The Morgan fingerprint density at radius 1 is 1.19 bits per heavy atom. The SMILES string of the molecule is CN(CC(=O)N1C[C@@H]2CC[C@H](C1)N(CC1CCC1)C2=O)Cc1ccncc1. The van der Waals surface area contributed by atoms with Crippen molar-refractivity contribution in [2.75, 3.05) is 33.2 Å². The van der Waals surface area contributed by atoms with Gasteiger partial charge in [-0.2, -0.15) is 0 Å². The summed E-state index contributed by atoms with van der Waals surface area (Å²) in [5, 5.41) is 0. The molecule has 0 unspecified atom stereocenters. The van der Waals surface area contributed by atoms with Gasteiger partial charge >= 0.3 is 0 Å². The fourth-order valence-electron chi connectivity index (χ4n) is 4.62. The fraction of sp³-hybridized carbons (Fsp3) is 0.667.